The van der Waals surface area contributed by atoms with Gasteiger partial charge in [-0.1, -0.05) is 18.4 Å². The van der Waals surface area contributed by atoms with Gasteiger partial charge in [0, 0.05) is 32.6 Å². The molecule has 0 amide bonds. The van der Waals surface area contributed by atoms with Crippen LogP contribution in [0.2, 0.25) is 0 Å². The van der Waals surface area contributed by atoms with E-state index in [9.17, 15) is 9.90 Å². The van der Waals surface area contributed by atoms with Crippen LogP contribution in [0.25, 0.3) is 5.70 Å². The number of fused-ring (bicyclic) bond motifs is 1. The van der Waals surface area contributed by atoms with Crippen molar-refractivity contribution in [3.63, 3.8) is 0 Å². The predicted octanol–water partition coefficient (Wildman–Crippen LogP) is 2.00. The van der Waals surface area contributed by atoms with Crippen molar-refractivity contribution in [2.45, 2.75) is 44.6 Å². The molecule has 4 aliphatic rings. The number of carbonyl (C=O) groups is 1. The van der Waals surface area contributed by atoms with Crippen molar-refractivity contribution >= 4 is 17.3 Å². The monoisotopic (exact) mass is 363 g/mol. The minimum absolute atomic E-state index is 0.0258. The van der Waals surface area contributed by atoms with Crippen LogP contribution in [-0.4, -0.2) is 53.1 Å². The Kier molecular flexibility index (Phi) is 3.80. The van der Waals surface area contributed by atoms with Crippen molar-refractivity contribution in [2.24, 2.45) is 5.41 Å². The number of β-amino-alcohol motifs (C(OH)–C–C–N with tert-alkyl or cyclic N) is 1. The number of nitrogens with zero attached hydrogens (tertiary/aromatic N) is 3. The lowest BCUT2D eigenvalue weighted by atomic mass is 9.63. The van der Waals surface area contributed by atoms with Gasteiger partial charge in [0.1, 0.15) is 5.82 Å². The Morgan fingerprint density at radius 3 is 2.48 bits per heavy atom. The van der Waals surface area contributed by atoms with Crippen LogP contribution < -0.4 is 4.90 Å². The second kappa shape index (κ2) is 6.10. The van der Waals surface area contributed by atoms with Gasteiger partial charge < -0.3 is 14.9 Å². The third-order valence-electron chi connectivity index (χ3n) is 6.94. The van der Waals surface area contributed by atoms with Gasteiger partial charge in [-0.2, -0.15) is 0 Å². The highest BCUT2D eigenvalue weighted by atomic mass is 16.3. The van der Waals surface area contributed by atoms with Gasteiger partial charge in [-0.3, -0.25) is 4.79 Å². The largest absolute Gasteiger partial charge is 0.389 e. The minimum Gasteiger partial charge on any atom is -0.389 e. The Labute approximate surface area is 160 Å². The topological polar surface area (TPSA) is 56.7 Å². The fourth-order valence-electron chi connectivity index (χ4n) is 4.99. The molecule has 0 bridgehead atoms. The summed E-state index contributed by atoms with van der Waals surface area (Å²) in [5, 5.41) is 9.61. The number of aliphatic hydroxyl groups is 1. The lowest BCUT2D eigenvalue weighted by Gasteiger charge is -2.49. The van der Waals surface area contributed by atoms with Crippen LogP contribution in [0.3, 0.4) is 0 Å². The Hall–Kier alpha value is -2.32. The molecule has 0 unspecified atom stereocenters. The summed E-state index contributed by atoms with van der Waals surface area (Å²) in [6.45, 7) is 3.11. The van der Waals surface area contributed by atoms with Crippen LogP contribution in [0.15, 0.2) is 17.7 Å². The molecule has 1 spiro atoms. The van der Waals surface area contributed by atoms with Crippen LogP contribution in [0.1, 0.15) is 43.4 Å². The maximum Gasteiger partial charge on any atom is 0.177 e. The summed E-state index contributed by atoms with van der Waals surface area (Å²) in [6.07, 6.45) is 12.2. The molecule has 2 saturated heterocycles. The van der Waals surface area contributed by atoms with Gasteiger partial charge in [0.25, 0.3) is 0 Å². The van der Waals surface area contributed by atoms with Gasteiger partial charge in [-0.15, -0.1) is 6.42 Å². The van der Waals surface area contributed by atoms with Crippen molar-refractivity contribution in [2.75, 3.05) is 31.1 Å². The fourth-order valence-corrected chi connectivity index (χ4v) is 4.99. The van der Waals surface area contributed by atoms with Crippen LogP contribution >= 0.6 is 0 Å². The number of hydrogen-bond donors (Lipinski definition) is 1. The molecule has 1 N–H and O–H groups in total. The summed E-state index contributed by atoms with van der Waals surface area (Å²) in [5.41, 5.74) is 3.72. The van der Waals surface area contributed by atoms with Crippen molar-refractivity contribution in [1.82, 2.24) is 9.88 Å². The molecule has 3 fully saturated rings. The number of aromatic nitrogens is 1. The number of anilines is 1. The SMILES string of the molecule is C#CC1=C(N2CCC3(CCC3)CC2)c2nc(N3CC(O)C3)ccc2CC1=O. The number of pyridine rings is 1. The normalized spacial score (nSPS) is 24.4. The summed E-state index contributed by atoms with van der Waals surface area (Å²) in [4.78, 5) is 21.9. The van der Waals surface area contributed by atoms with Gasteiger partial charge in [0.05, 0.1) is 23.1 Å². The maximum atomic E-state index is 12.7. The quantitative estimate of drug-likeness (QED) is 0.815. The van der Waals surface area contributed by atoms with E-state index in [-0.39, 0.29) is 11.9 Å². The molecule has 5 rings (SSSR count). The maximum absolute atomic E-state index is 12.7. The van der Waals surface area contributed by atoms with Crippen molar-refractivity contribution in [1.29, 1.82) is 0 Å². The number of allylic oxidation sites excluding steroid dienone is 1. The lowest BCUT2D eigenvalue weighted by Crippen LogP contribution is -2.51. The van der Waals surface area contributed by atoms with Gasteiger partial charge in [0.2, 0.25) is 0 Å². The van der Waals surface area contributed by atoms with Gasteiger partial charge in [0.15, 0.2) is 5.78 Å². The predicted molar refractivity (Wildman–Crippen MR) is 104 cm³/mol. The van der Waals surface area contributed by atoms with E-state index in [1.165, 1.54) is 32.1 Å². The first kappa shape index (κ1) is 16.8. The molecule has 1 aromatic heterocycles. The number of piperidine rings is 1. The molecule has 27 heavy (non-hydrogen) atoms. The van der Waals surface area contributed by atoms with Crippen LogP contribution in [0, 0.1) is 17.8 Å². The fraction of sp³-hybridized carbons (Fsp3) is 0.545. The van der Waals surface area contributed by atoms with Gasteiger partial charge >= 0.3 is 0 Å². The first-order chi connectivity index (χ1) is 13.1. The summed E-state index contributed by atoms with van der Waals surface area (Å²) in [5.74, 6) is 3.55. The molecular weight excluding hydrogens is 338 g/mol. The van der Waals surface area contributed by atoms with E-state index in [4.69, 9.17) is 11.4 Å². The number of hydrogen-bond acceptors (Lipinski definition) is 5. The minimum atomic E-state index is -0.276. The zero-order valence-corrected chi connectivity index (χ0v) is 15.6. The summed E-state index contributed by atoms with van der Waals surface area (Å²) < 4.78 is 0. The van der Waals surface area contributed by atoms with E-state index < -0.39 is 0 Å². The molecule has 0 aromatic carbocycles. The van der Waals surface area contributed by atoms with E-state index in [2.05, 4.69) is 15.7 Å². The van der Waals surface area contributed by atoms with Crippen LogP contribution in [0.5, 0.6) is 0 Å². The molecule has 1 saturated carbocycles. The van der Waals surface area contributed by atoms with Crippen LogP contribution in [0.4, 0.5) is 5.82 Å². The molecule has 140 valence electrons. The average Bonchev–Trinajstić information content (AvgIpc) is 2.63. The highest BCUT2D eigenvalue weighted by molar-refractivity contribution is 6.09. The smallest absolute Gasteiger partial charge is 0.177 e. The molecule has 1 aromatic rings. The van der Waals surface area contributed by atoms with Crippen molar-refractivity contribution < 1.29 is 9.90 Å². The Morgan fingerprint density at radius 2 is 1.89 bits per heavy atom. The number of likely N-dealkylation sites (tertiary alicyclic amines) is 1. The Bertz CT molecular complexity index is 862. The molecule has 0 atom stereocenters. The lowest BCUT2D eigenvalue weighted by molar-refractivity contribution is -0.114. The standard InChI is InChI=1S/C22H25N3O2/c1-2-17-18(27)12-15-4-5-19(25-13-16(26)14-25)23-20(15)21(17)24-10-8-22(9-11-24)6-3-7-22/h1,4-5,16,26H,3,6-14H2. The van der Waals surface area contributed by atoms with E-state index in [1.54, 1.807) is 0 Å². The summed E-state index contributed by atoms with van der Waals surface area (Å²) >= 11 is 0. The highest BCUT2D eigenvalue weighted by Gasteiger charge is 2.41. The van der Waals surface area contributed by atoms with Crippen molar-refractivity contribution in [3.8, 4) is 12.3 Å². The molecule has 3 heterocycles. The first-order valence-electron chi connectivity index (χ1n) is 10.0. The molecule has 2 aliphatic carbocycles. The Balaban J connectivity index is 1.51. The zero-order chi connectivity index (χ0) is 18.6. The van der Waals surface area contributed by atoms with E-state index in [0.717, 1.165) is 35.9 Å². The second-order valence-electron chi connectivity index (χ2n) is 8.54. The van der Waals surface area contributed by atoms with E-state index in [0.29, 0.717) is 30.5 Å². The summed E-state index contributed by atoms with van der Waals surface area (Å²) in [7, 11) is 0. The first-order valence-corrected chi connectivity index (χ1v) is 10.0. The third-order valence-corrected chi connectivity index (χ3v) is 6.94. The summed E-state index contributed by atoms with van der Waals surface area (Å²) in [6, 6.07) is 3.96. The highest BCUT2D eigenvalue weighted by Crippen LogP contribution is 2.50. The number of aliphatic hydroxyl groups excluding tert-OH is 1. The molecule has 0 radical (unpaired) electrons. The number of terminal acetylenes is 1. The number of ketones is 1. The molecule has 5 heteroatoms. The third kappa shape index (κ3) is 2.66. The van der Waals surface area contributed by atoms with Crippen LogP contribution in [-0.2, 0) is 11.2 Å². The van der Waals surface area contributed by atoms with Crippen molar-refractivity contribution in [3.05, 3.63) is 29.0 Å². The van der Waals surface area contributed by atoms with E-state index >= 15 is 0 Å². The number of rotatable bonds is 2. The number of carbonyl (C=O) groups excluding carboxylic acids is 1. The van der Waals surface area contributed by atoms with E-state index in [1.807, 2.05) is 12.1 Å². The Morgan fingerprint density at radius 1 is 1.15 bits per heavy atom. The zero-order valence-electron chi connectivity index (χ0n) is 15.6. The van der Waals surface area contributed by atoms with Gasteiger partial charge in [-0.25, -0.2) is 4.98 Å². The molecule has 5 nitrogen and oxygen atoms in total. The average molecular weight is 363 g/mol. The second-order valence-corrected chi connectivity index (χ2v) is 8.54. The molecule has 2 aliphatic heterocycles. The number of Topliss-reactive ketones (excluding diaryl/α,β-unsaturated/α-hetero) is 1. The van der Waals surface area contributed by atoms with Gasteiger partial charge in [-0.05, 0) is 42.7 Å². The molecular formula is C22H25N3O2.